The van der Waals surface area contributed by atoms with E-state index in [-0.39, 0.29) is 6.61 Å². The summed E-state index contributed by atoms with van der Waals surface area (Å²) in [6.07, 6.45) is 0. The van der Waals surface area contributed by atoms with Gasteiger partial charge in [-0.1, -0.05) is 12.6 Å². The highest BCUT2D eigenvalue weighted by molar-refractivity contribution is 7.80. The molecular weight excluding hydrogens is 186 g/mol. The van der Waals surface area contributed by atoms with E-state index in [0.717, 1.165) is 5.69 Å². The number of hydrogen-bond acceptors (Lipinski definition) is 3. The average Bonchev–Trinajstić information content (AvgIpc) is 2.46. The Kier molecular flexibility index (Phi) is 1.90. The largest absolute Gasteiger partial charge is 0.390 e. The fourth-order valence-corrected chi connectivity index (χ4v) is 1.46. The second kappa shape index (κ2) is 2.93. The van der Waals surface area contributed by atoms with Gasteiger partial charge in [0, 0.05) is 6.07 Å². The number of aryl methyl sites for hydroxylation is 1. The van der Waals surface area contributed by atoms with Crippen molar-refractivity contribution in [1.82, 2.24) is 14.6 Å². The lowest BCUT2D eigenvalue weighted by atomic mass is 10.4. The number of hydrogen-bond donors (Lipinski definition) is 1. The fraction of sp³-hybridized carbons (Fsp3) is 0.250. The second-order valence-electron chi connectivity index (χ2n) is 2.80. The summed E-state index contributed by atoms with van der Waals surface area (Å²) < 4.78 is 1.59. The van der Waals surface area contributed by atoms with Gasteiger partial charge in [-0.25, -0.2) is 9.50 Å². The van der Waals surface area contributed by atoms with Gasteiger partial charge in [-0.2, -0.15) is 5.10 Å². The Labute approximate surface area is 80.6 Å². The van der Waals surface area contributed by atoms with Crippen molar-refractivity contribution >= 4 is 18.3 Å². The molecule has 13 heavy (non-hydrogen) atoms. The lowest BCUT2D eigenvalue weighted by Crippen LogP contribution is -1.97. The van der Waals surface area contributed by atoms with Crippen molar-refractivity contribution in [3.05, 3.63) is 23.5 Å². The normalized spacial score (nSPS) is 10.9. The van der Waals surface area contributed by atoms with Crippen molar-refractivity contribution in [1.29, 1.82) is 0 Å². The Balaban J connectivity index is 2.75. The van der Waals surface area contributed by atoms with Gasteiger partial charge in [0.2, 0.25) is 0 Å². The first kappa shape index (κ1) is 8.40. The lowest BCUT2D eigenvalue weighted by Gasteiger charge is -1.99. The zero-order valence-corrected chi connectivity index (χ0v) is 7.88. The molecule has 2 aromatic rings. The number of rotatable bonds is 1. The van der Waals surface area contributed by atoms with Crippen LogP contribution < -0.4 is 0 Å². The summed E-state index contributed by atoms with van der Waals surface area (Å²) in [7, 11) is 0. The molecule has 4 nitrogen and oxygen atoms in total. The van der Waals surface area contributed by atoms with Crippen molar-refractivity contribution in [2.45, 2.75) is 18.6 Å². The van der Waals surface area contributed by atoms with E-state index in [9.17, 15) is 0 Å². The van der Waals surface area contributed by atoms with Gasteiger partial charge in [-0.05, 0) is 13.0 Å². The number of aliphatic hydroxyl groups excluding tert-OH is 1. The smallest absolute Gasteiger partial charge is 0.157 e. The quantitative estimate of drug-likeness (QED) is 0.691. The second-order valence-corrected chi connectivity index (χ2v) is 3.22. The van der Waals surface area contributed by atoms with Crippen LogP contribution in [0.1, 0.15) is 11.4 Å². The summed E-state index contributed by atoms with van der Waals surface area (Å²) in [6.45, 7) is 1.78. The molecule has 0 unspecified atom stereocenters. The van der Waals surface area contributed by atoms with Gasteiger partial charge in [0.25, 0.3) is 0 Å². The monoisotopic (exact) mass is 194 g/mol. The maximum absolute atomic E-state index is 8.89. The van der Waals surface area contributed by atoms with Crippen LogP contribution in [0, 0.1) is 6.92 Å². The number of nitrogens with zero attached hydrogens (tertiary/aromatic N) is 3. The fourth-order valence-electron chi connectivity index (χ4n) is 1.19. The summed E-state index contributed by atoms with van der Waals surface area (Å²) in [5.74, 6) is 0. The van der Waals surface area contributed by atoms with Gasteiger partial charge in [0.15, 0.2) is 5.65 Å². The van der Waals surface area contributed by atoms with Crippen LogP contribution in [0.3, 0.4) is 0 Å². The SMILES string of the molecule is Cc1cc2nc(CO)cc([S])n2n1. The standard InChI is InChI=1S/C8H8N3OS/c1-5-2-7-9-6(4-12)3-8(13)11(7)10-5/h2-3,12H,4H2,1H3. The zero-order chi connectivity index (χ0) is 9.42. The Bertz CT molecular complexity index is 452. The molecule has 0 aliphatic rings. The summed E-state index contributed by atoms with van der Waals surface area (Å²) in [5, 5.41) is 13.6. The Morgan fingerprint density at radius 3 is 3.00 bits per heavy atom. The lowest BCUT2D eigenvalue weighted by molar-refractivity contribution is 0.276. The minimum atomic E-state index is -0.0929. The summed E-state index contributed by atoms with van der Waals surface area (Å²) in [5.41, 5.74) is 2.14. The first-order valence-electron chi connectivity index (χ1n) is 3.85. The van der Waals surface area contributed by atoms with Gasteiger partial charge < -0.3 is 5.11 Å². The maximum atomic E-state index is 8.89. The van der Waals surface area contributed by atoms with E-state index in [0.29, 0.717) is 16.4 Å². The average molecular weight is 194 g/mol. The Morgan fingerprint density at radius 1 is 1.54 bits per heavy atom. The summed E-state index contributed by atoms with van der Waals surface area (Å²) in [4.78, 5) is 4.16. The highest BCUT2D eigenvalue weighted by Gasteiger charge is 2.04. The highest BCUT2D eigenvalue weighted by Crippen LogP contribution is 2.12. The molecule has 67 valence electrons. The molecule has 0 aliphatic carbocycles. The van der Waals surface area contributed by atoms with Crippen molar-refractivity contribution in [2.24, 2.45) is 0 Å². The Hall–Kier alpha value is -1.20. The third-order valence-corrected chi connectivity index (χ3v) is 2.02. The van der Waals surface area contributed by atoms with E-state index < -0.39 is 0 Å². The molecule has 0 bridgehead atoms. The van der Waals surface area contributed by atoms with E-state index in [1.54, 1.807) is 10.6 Å². The van der Waals surface area contributed by atoms with E-state index >= 15 is 0 Å². The molecule has 0 aromatic carbocycles. The third kappa shape index (κ3) is 1.36. The molecule has 0 aliphatic heterocycles. The number of fused-ring (bicyclic) bond motifs is 1. The topological polar surface area (TPSA) is 50.4 Å². The zero-order valence-electron chi connectivity index (χ0n) is 7.06. The van der Waals surface area contributed by atoms with Crippen LogP contribution in [0.25, 0.3) is 5.65 Å². The predicted octanol–water partition coefficient (Wildman–Crippen LogP) is 1.09. The van der Waals surface area contributed by atoms with Crippen LogP contribution in [0.15, 0.2) is 17.2 Å². The minimum absolute atomic E-state index is 0.0929. The molecule has 2 heterocycles. The number of aromatic nitrogens is 3. The molecule has 1 N–H and O–H groups in total. The van der Waals surface area contributed by atoms with Crippen molar-refractivity contribution in [2.75, 3.05) is 0 Å². The first-order chi connectivity index (χ1) is 6.20. The highest BCUT2D eigenvalue weighted by atomic mass is 32.1. The van der Waals surface area contributed by atoms with Crippen LogP contribution in [-0.2, 0) is 6.61 Å². The van der Waals surface area contributed by atoms with Crippen LogP contribution in [0.5, 0.6) is 0 Å². The van der Waals surface area contributed by atoms with E-state index in [1.165, 1.54) is 0 Å². The van der Waals surface area contributed by atoms with E-state index in [4.69, 9.17) is 17.7 Å². The van der Waals surface area contributed by atoms with Crippen LogP contribution >= 0.6 is 12.6 Å². The Morgan fingerprint density at radius 2 is 2.31 bits per heavy atom. The molecular formula is C8H8N3OS. The predicted molar refractivity (Wildman–Crippen MR) is 49.5 cm³/mol. The van der Waals surface area contributed by atoms with Gasteiger partial charge >= 0.3 is 0 Å². The van der Waals surface area contributed by atoms with Gasteiger partial charge in [0.05, 0.1) is 18.0 Å². The molecule has 0 fully saturated rings. The summed E-state index contributed by atoms with van der Waals surface area (Å²) >= 11 is 5.07. The first-order valence-corrected chi connectivity index (χ1v) is 4.25. The third-order valence-electron chi connectivity index (χ3n) is 1.73. The molecule has 0 saturated carbocycles. The number of aliphatic hydroxyl groups is 1. The van der Waals surface area contributed by atoms with Crippen molar-refractivity contribution in [3.63, 3.8) is 0 Å². The van der Waals surface area contributed by atoms with Gasteiger partial charge in [0.1, 0.15) is 5.03 Å². The molecule has 0 spiro atoms. The van der Waals surface area contributed by atoms with Crippen LogP contribution in [0.2, 0.25) is 0 Å². The molecule has 2 aromatic heterocycles. The van der Waals surface area contributed by atoms with E-state index in [1.807, 2.05) is 13.0 Å². The molecule has 2 rings (SSSR count). The van der Waals surface area contributed by atoms with Crippen molar-refractivity contribution < 1.29 is 5.11 Å². The molecule has 1 radical (unpaired) electrons. The van der Waals surface area contributed by atoms with E-state index in [2.05, 4.69) is 10.1 Å². The van der Waals surface area contributed by atoms with Crippen LogP contribution in [0.4, 0.5) is 0 Å². The maximum Gasteiger partial charge on any atom is 0.157 e. The van der Waals surface area contributed by atoms with Crippen LogP contribution in [-0.4, -0.2) is 19.7 Å². The molecule has 5 heteroatoms. The van der Waals surface area contributed by atoms with Crippen molar-refractivity contribution in [3.8, 4) is 0 Å². The van der Waals surface area contributed by atoms with Gasteiger partial charge in [-0.15, -0.1) is 0 Å². The summed E-state index contributed by atoms with van der Waals surface area (Å²) in [6, 6.07) is 3.48. The minimum Gasteiger partial charge on any atom is -0.390 e. The van der Waals surface area contributed by atoms with Gasteiger partial charge in [-0.3, -0.25) is 0 Å². The molecule has 0 amide bonds. The molecule has 0 atom stereocenters. The molecule has 0 saturated heterocycles.